The van der Waals surface area contributed by atoms with Crippen LogP contribution in [0.2, 0.25) is 0 Å². The van der Waals surface area contributed by atoms with E-state index in [2.05, 4.69) is 62.0 Å². The molecule has 0 fully saturated rings. The van der Waals surface area contributed by atoms with Crippen molar-refractivity contribution in [1.29, 1.82) is 0 Å². The van der Waals surface area contributed by atoms with Crippen LogP contribution in [0, 0.1) is 0 Å². The van der Waals surface area contributed by atoms with E-state index in [1.165, 1.54) is 0 Å². The van der Waals surface area contributed by atoms with Crippen molar-refractivity contribution in [2.45, 2.75) is 0 Å². The minimum atomic E-state index is 0.527. The standard InChI is InChI=1S/C46H30N8.C34H22N8/c1-5-25-47-39(13-1)43-21-9-17-35(51-43)31-29-33(37-19-11-23-45(53-37)41-15-3-7-27-49-41)34(38-20-12-24-46(54-38)42-16-4-8-28-50-42)30-32(31)36-18-10-22-44(52-36)40-14-2-6-26-48-40;1-4-10-38-29(7-1)23-13-26(20-35-17-23)32-16-33(27-14-24(18-36-21-27)30-8-2-5-11-39-30)42-34(41-32)28-15-25(19-37-22-28)31-9-3-6-12-40-31/h1-30H;1-22H. The first-order valence-corrected chi connectivity index (χ1v) is 30.8. The van der Waals surface area contributed by atoms with Crippen LogP contribution in [-0.2, 0) is 0 Å². The van der Waals surface area contributed by atoms with Crippen molar-refractivity contribution < 1.29 is 0 Å². The summed E-state index contributed by atoms with van der Waals surface area (Å²) in [5, 5.41) is 0. The van der Waals surface area contributed by atoms with Gasteiger partial charge in [0.25, 0.3) is 0 Å². The maximum Gasteiger partial charge on any atom is 0.161 e. The fourth-order valence-electron chi connectivity index (χ4n) is 11.0. The zero-order valence-electron chi connectivity index (χ0n) is 51.2. The minimum absolute atomic E-state index is 0.527. The quantitative estimate of drug-likeness (QED) is 0.0992. The smallest absolute Gasteiger partial charge is 0.161 e. The first kappa shape index (κ1) is 58.8. The van der Waals surface area contributed by atoms with Crippen LogP contribution in [-0.4, -0.2) is 79.7 Å². The molecule has 96 heavy (non-hydrogen) atoms. The molecule has 15 aromatic heterocycles. The van der Waals surface area contributed by atoms with Gasteiger partial charge in [-0.15, -0.1) is 0 Å². The van der Waals surface area contributed by atoms with Gasteiger partial charge in [0.15, 0.2) is 5.82 Å². The van der Waals surface area contributed by atoms with E-state index in [4.69, 9.17) is 29.9 Å². The highest BCUT2D eigenvalue weighted by Crippen LogP contribution is 2.42. The van der Waals surface area contributed by atoms with E-state index >= 15 is 0 Å². The Hall–Kier alpha value is -13.6. The number of hydrogen-bond donors (Lipinski definition) is 0. The normalized spacial score (nSPS) is 10.9. The molecule has 16 nitrogen and oxygen atoms in total. The lowest BCUT2D eigenvalue weighted by atomic mass is 9.90. The number of rotatable bonds is 14. The lowest BCUT2D eigenvalue weighted by molar-refractivity contribution is 1.16. The fourth-order valence-corrected chi connectivity index (χ4v) is 11.0. The van der Waals surface area contributed by atoms with Crippen LogP contribution in [0.1, 0.15) is 0 Å². The van der Waals surface area contributed by atoms with Crippen molar-refractivity contribution in [2.75, 3.05) is 0 Å². The maximum atomic E-state index is 5.18. The molecule has 16 rings (SSSR count). The number of hydrogen-bond acceptors (Lipinski definition) is 16. The molecule has 0 spiro atoms. The maximum absolute atomic E-state index is 5.18. The Balaban J connectivity index is 0.000000163. The number of nitrogens with zero attached hydrogens (tertiary/aromatic N) is 16. The van der Waals surface area contributed by atoms with Gasteiger partial charge < -0.3 is 0 Å². The lowest BCUT2D eigenvalue weighted by Gasteiger charge is -2.18. The van der Waals surface area contributed by atoms with Crippen LogP contribution >= 0.6 is 0 Å². The van der Waals surface area contributed by atoms with E-state index in [0.717, 1.165) is 141 Å². The molecule has 0 saturated heterocycles. The Labute approximate surface area is 552 Å². The molecule has 0 aliphatic heterocycles. The summed E-state index contributed by atoms with van der Waals surface area (Å²) in [4.78, 5) is 76.0. The van der Waals surface area contributed by atoms with Crippen LogP contribution in [0.4, 0.5) is 0 Å². The second-order valence-corrected chi connectivity index (χ2v) is 21.9. The zero-order chi connectivity index (χ0) is 64.2. The molecule has 0 saturated carbocycles. The Morgan fingerprint density at radius 1 is 0.156 bits per heavy atom. The third kappa shape index (κ3) is 13.1. The number of aromatic nitrogens is 16. The highest BCUT2D eigenvalue weighted by Gasteiger charge is 2.22. The lowest BCUT2D eigenvalue weighted by Crippen LogP contribution is -1.99. The summed E-state index contributed by atoms with van der Waals surface area (Å²) in [6.45, 7) is 0. The summed E-state index contributed by atoms with van der Waals surface area (Å²) in [6, 6.07) is 77.2. The van der Waals surface area contributed by atoms with Gasteiger partial charge in [-0.3, -0.25) is 49.8 Å². The predicted octanol–water partition coefficient (Wildman–Crippen LogP) is 17.0. The Morgan fingerprint density at radius 2 is 0.385 bits per heavy atom. The van der Waals surface area contributed by atoms with Crippen molar-refractivity contribution in [2.24, 2.45) is 0 Å². The van der Waals surface area contributed by atoms with Crippen molar-refractivity contribution >= 4 is 0 Å². The SMILES string of the molecule is c1ccc(-c2cccc(-c3cc(-c4cccc(-c5ccccn5)n4)c(-c4cccc(-c5ccccn5)n4)cc3-c3cccc(-c4ccccn4)n3)n2)nc1.c1ccc(-c2cncc(-c3cc(-c4cncc(-c5ccccn5)c4)nc(-c4cncc(-c5ccccn5)c4)n3)c2)nc1. The molecule has 0 unspecified atom stereocenters. The summed E-state index contributed by atoms with van der Waals surface area (Å²) in [5.74, 6) is 0.527. The Bertz CT molecular complexity index is 4730. The van der Waals surface area contributed by atoms with Crippen molar-refractivity contribution in [3.63, 3.8) is 0 Å². The van der Waals surface area contributed by atoms with E-state index in [1.807, 2.05) is 224 Å². The summed E-state index contributed by atoms with van der Waals surface area (Å²) in [6.07, 6.45) is 23.2. The third-order valence-electron chi connectivity index (χ3n) is 15.6. The summed E-state index contributed by atoms with van der Waals surface area (Å²) < 4.78 is 0. The van der Waals surface area contributed by atoms with Crippen LogP contribution in [0.5, 0.6) is 0 Å². The molecule has 0 radical (unpaired) electrons. The Morgan fingerprint density at radius 3 is 0.656 bits per heavy atom. The monoisotopic (exact) mass is 1240 g/mol. The molecule has 0 bridgehead atoms. The fraction of sp³-hybridized carbons (Fsp3) is 0. The molecule has 16 aromatic rings. The largest absolute Gasteiger partial charge is 0.263 e. The molecule has 452 valence electrons. The van der Waals surface area contributed by atoms with Gasteiger partial charge in [-0.2, -0.15) is 0 Å². The van der Waals surface area contributed by atoms with E-state index in [-0.39, 0.29) is 0 Å². The van der Waals surface area contributed by atoms with Gasteiger partial charge in [-0.05, 0) is 170 Å². The second-order valence-electron chi connectivity index (χ2n) is 21.9. The first-order chi connectivity index (χ1) is 47.6. The van der Waals surface area contributed by atoms with Gasteiger partial charge in [-0.1, -0.05) is 66.7 Å². The van der Waals surface area contributed by atoms with Crippen LogP contribution in [0.3, 0.4) is 0 Å². The van der Waals surface area contributed by atoms with Gasteiger partial charge in [0.2, 0.25) is 0 Å². The number of pyridine rings is 14. The number of benzene rings is 1. The molecular weight excluding hydrogens is 1180 g/mol. The molecule has 0 N–H and O–H groups in total. The van der Waals surface area contributed by atoms with Crippen LogP contribution < -0.4 is 0 Å². The van der Waals surface area contributed by atoms with E-state index in [9.17, 15) is 0 Å². The molecule has 1 aromatic carbocycles. The molecule has 16 heteroatoms. The molecular formula is C80H52N16. The predicted molar refractivity (Wildman–Crippen MR) is 374 cm³/mol. The third-order valence-corrected chi connectivity index (χ3v) is 15.6. The zero-order valence-corrected chi connectivity index (χ0v) is 51.2. The molecule has 0 aliphatic carbocycles. The van der Waals surface area contributed by atoms with Gasteiger partial charge in [0, 0.05) is 136 Å². The van der Waals surface area contributed by atoms with E-state index < -0.39 is 0 Å². The van der Waals surface area contributed by atoms with Gasteiger partial charge in [0.05, 0.1) is 96.8 Å². The minimum Gasteiger partial charge on any atom is -0.263 e. The van der Waals surface area contributed by atoms with Gasteiger partial charge in [-0.25, -0.2) is 29.9 Å². The summed E-state index contributed by atoms with van der Waals surface area (Å²) in [7, 11) is 0. The highest BCUT2D eigenvalue weighted by molar-refractivity contribution is 5.93. The van der Waals surface area contributed by atoms with Crippen molar-refractivity contribution in [1.82, 2.24) is 79.7 Å². The summed E-state index contributed by atoms with van der Waals surface area (Å²) >= 11 is 0. The van der Waals surface area contributed by atoms with Gasteiger partial charge >= 0.3 is 0 Å². The molecule has 15 heterocycles. The topological polar surface area (TPSA) is 206 Å². The highest BCUT2D eigenvalue weighted by atomic mass is 14.9. The van der Waals surface area contributed by atoms with Crippen LogP contribution in [0.15, 0.2) is 317 Å². The van der Waals surface area contributed by atoms with Crippen molar-refractivity contribution in [3.05, 3.63) is 317 Å². The average Bonchev–Trinajstić information content (AvgIpc) is 0.772. The van der Waals surface area contributed by atoms with E-state index in [1.54, 1.807) is 80.6 Å². The molecule has 0 amide bonds. The van der Waals surface area contributed by atoms with Gasteiger partial charge in [0.1, 0.15) is 0 Å². The Kier molecular flexibility index (Phi) is 16.8. The van der Waals surface area contributed by atoms with Crippen molar-refractivity contribution in [3.8, 4) is 158 Å². The first-order valence-electron chi connectivity index (χ1n) is 30.8. The average molecular weight is 1240 g/mol. The van der Waals surface area contributed by atoms with E-state index in [0.29, 0.717) is 17.2 Å². The molecule has 0 aliphatic rings. The molecule has 0 atom stereocenters. The second kappa shape index (κ2) is 27.5. The summed E-state index contributed by atoms with van der Waals surface area (Å²) in [5.41, 5.74) is 21.8. The van der Waals surface area contributed by atoms with Crippen LogP contribution in [0.25, 0.3) is 158 Å².